The van der Waals surface area contributed by atoms with Crippen molar-refractivity contribution in [1.29, 1.82) is 0 Å². The van der Waals surface area contributed by atoms with E-state index < -0.39 is 5.97 Å². The lowest BCUT2D eigenvalue weighted by Crippen LogP contribution is -2.57. The summed E-state index contributed by atoms with van der Waals surface area (Å²) < 4.78 is 0. The van der Waals surface area contributed by atoms with Gasteiger partial charge in [0.25, 0.3) is 0 Å². The summed E-state index contributed by atoms with van der Waals surface area (Å²) in [6, 6.07) is -0.236. The summed E-state index contributed by atoms with van der Waals surface area (Å²) in [7, 11) is 1.94. The molecule has 2 rings (SSSR count). The van der Waals surface area contributed by atoms with Crippen molar-refractivity contribution in [1.82, 2.24) is 9.80 Å². The molecule has 1 amide bonds. The molecular weight excluding hydrogens is 268 g/mol. The molecule has 2 aliphatic rings. The Morgan fingerprint density at radius 3 is 2.24 bits per heavy atom. The van der Waals surface area contributed by atoms with Crippen LogP contribution >= 0.6 is 0 Å². The van der Waals surface area contributed by atoms with Gasteiger partial charge in [-0.3, -0.25) is 14.5 Å². The highest BCUT2D eigenvalue weighted by Gasteiger charge is 2.42. The predicted octanol–water partition coefficient (Wildman–Crippen LogP) is 2.11. The Morgan fingerprint density at radius 2 is 1.71 bits per heavy atom. The average molecular weight is 296 g/mol. The maximum Gasteiger partial charge on any atom is 0.305 e. The molecule has 1 aliphatic heterocycles. The number of carboxylic acid groups (broad SMARTS) is 1. The highest BCUT2D eigenvalue weighted by Crippen LogP contribution is 2.37. The van der Waals surface area contributed by atoms with E-state index in [2.05, 4.69) is 4.90 Å². The van der Waals surface area contributed by atoms with Crippen LogP contribution in [0.3, 0.4) is 0 Å². The molecule has 0 aromatic carbocycles. The van der Waals surface area contributed by atoms with Crippen molar-refractivity contribution in [2.45, 2.75) is 69.9 Å². The number of amides is 1. The van der Waals surface area contributed by atoms with Crippen LogP contribution in [0, 0.1) is 0 Å². The van der Waals surface area contributed by atoms with Crippen LogP contribution in [-0.4, -0.2) is 58.5 Å². The number of carbonyl (C=O) groups excluding carboxylic acids is 1. The standard InChI is InChI=1S/C16H28N2O3/c1-13(15(21)18-10-6-7-11-18)17(2)16(12-14(19)20)8-4-3-5-9-16/h13H,3-12H2,1-2H3,(H,19,20). The van der Waals surface area contributed by atoms with Crippen LogP contribution < -0.4 is 0 Å². The second kappa shape index (κ2) is 6.77. The summed E-state index contributed by atoms with van der Waals surface area (Å²) in [6.07, 6.45) is 7.36. The zero-order chi connectivity index (χ0) is 15.5. The van der Waals surface area contributed by atoms with Crippen molar-refractivity contribution >= 4 is 11.9 Å². The molecule has 1 heterocycles. The molecule has 0 bridgehead atoms. The van der Waals surface area contributed by atoms with E-state index in [4.69, 9.17) is 0 Å². The van der Waals surface area contributed by atoms with Gasteiger partial charge in [0, 0.05) is 18.6 Å². The smallest absolute Gasteiger partial charge is 0.305 e. The third kappa shape index (κ3) is 3.57. The van der Waals surface area contributed by atoms with Crippen LogP contribution in [0.1, 0.15) is 58.3 Å². The number of hydrogen-bond donors (Lipinski definition) is 1. The van der Waals surface area contributed by atoms with Crippen LogP contribution in [0.5, 0.6) is 0 Å². The number of aliphatic carboxylic acids is 1. The molecule has 0 aromatic rings. The Kier molecular flexibility index (Phi) is 5.25. The monoisotopic (exact) mass is 296 g/mol. The first kappa shape index (κ1) is 16.3. The van der Waals surface area contributed by atoms with Gasteiger partial charge in [-0.1, -0.05) is 19.3 Å². The van der Waals surface area contributed by atoms with E-state index in [1.54, 1.807) is 0 Å². The number of carboxylic acids is 1. The Bertz CT molecular complexity index is 385. The fourth-order valence-corrected chi connectivity index (χ4v) is 3.92. The molecule has 5 nitrogen and oxygen atoms in total. The van der Waals surface area contributed by atoms with Crippen LogP contribution in [0.4, 0.5) is 0 Å². The summed E-state index contributed by atoms with van der Waals surface area (Å²) >= 11 is 0. The summed E-state index contributed by atoms with van der Waals surface area (Å²) in [6.45, 7) is 3.63. The summed E-state index contributed by atoms with van der Waals surface area (Å²) in [5.41, 5.74) is -0.348. The van der Waals surface area contributed by atoms with Crippen LogP contribution in [0.15, 0.2) is 0 Å². The second-order valence-corrected chi connectivity index (χ2v) is 6.67. The fourth-order valence-electron chi connectivity index (χ4n) is 3.92. The Hall–Kier alpha value is -1.10. The molecule has 1 saturated carbocycles. The Balaban J connectivity index is 2.10. The van der Waals surface area contributed by atoms with Crippen molar-refractivity contribution in [3.8, 4) is 0 Å². The molecule has 0 aromatic heterocycles. The summed E-state index contributed by atoms with van der Waals surface area (Å²) in [5, 5.41) is 9.29. The normalized spacial score (nSPS) is 23.3. The summed E-state index contributed by atoms with van der Waals surface area (Å²) in [4.78, 5) is 27.9. The second-order valence-electron chi connectivity index (χ2n) is 6.67. The number of nitrogens with zero attached hydrogens (tertiary/aromatic N) is 2. The van der Waals surface area contributed by atoms with Gasteiger partial charge in [-0.2, -0.15) is 0 Å². The zero-order valence-electron chi connectivity index (χ0n) is 13.3. The van der Waals surface area contributed by atoms with Crippen molar-refractivity contribution < 1.29 is 14.7 Å². The molecule has 5 heteroatoms. The number of hydrogen-bond acceptors (Lipinski definition) is 3. The van der Waals surface area contributed by atoms with Gasteiger partial charge < -0.3 is 10.0 Å². The fraction of sp³-hybridized carbons (Fsp3) is 0.875. The third-order valence-corrected chi connectivity index (χ3v) is 5.37. The molecule has 1 unspecified atom stereocenters. The Labute approximate surface area is 127 Å². The van der Waals surface area contributed by atoms with Crippen molar-refractivity contribution in [2.24, 2.45) is 0 Å². The quantitative estimate of drug-likeness (QED) is 0.844. The number of likely N-dealkylation sites (N-methyl/N-ethyl adjacent to an activating group) is 1. The Morgan fingerprint density at radius 1 is 1.14 bits per heavy atom. The molecule has 21 heavy (non-hydrogen) atoms. The van der Waals surface area contributed by atoms with Crippen LogP contribution in [0.2, 0.25) is 0 Å². The SMILES string of the molecule is CC(C(=O)N1CCCC1)N(C)C1(CC(=O)O)CCCCC1. The average Bonchev–Trinajstić information content (AvgIpc) is 2.99. The van der Waals surface area contributed by atoms with Gasteiger partial charge in [0.2, 0.25) is 5.91 Å². The number of likely N-dealkylation sites (tertiary alicyclic amines) is 1. The maximum atomic E-state index is 12.6. The van der Waals surface area contributed by atoms with Gasteiger partial charge in [-0.05, 0) is 39.7 Å². The molecule has 1 N–H and O–H groups in total. The first-order valence-electron chi connectivity index (χ1n) is 8.20. The highest BCUT2D eigenvalue weighted by atomic mass is 16.4. The van der Waals surface area contributed by atoms with Gasteiger partial charge >= 0.3 is 5.97 Å². The third-order valence-electron chi connectivity index (χ3n) is 5.37. The van der Waals surface area contributed by atoms with E-state index in [9.17, 15) is 14.7 Å². The molecule has 120 valence electrons. The van der Waals surface area contributed by atoms with Gasteiger partial charge in [0.15, 0.2) is 0 Å². The predicted molar refractivity (Wildman–Crippen MR) is 81.1 cm³/mol. The van der Waals surface area contributed by atoms with E-state index in [1.807, 2.05) is 18.9 Å². The first-order chi connectivity index (χ1) is 9.96. The largest absolute Gasteiger partial charge is 0.481 e. The number of rotatable bonds is 5. The van der Waals surface area contributed by atoms with Gasteiger partial charge in [0.05, 0.1) is 12.5 Å². The van der Waals surface area contributed by atoms with Gasteiger partial charge in [-0.25, -0.2) is 0 Å². The van der Waals surface area contributed by atoms with E-state index in [0.29, 0.717) is 0 Å². The van der Waals surface area contributed by atoms with E-state index in [-0.39, 0.29) is 23.9 Å². The maximum absolute atomic E-state index is 12.6. The number of carbonyl (C=O) groups is 2. The van der Waals surface area contributed by atoms with E-state index in [1.165, 1.54) is 6.42 Å². The van der Waals surface area contributed by atoms with Crippen LogP contribution in [-0.2, 0) is 9.59 Å². The first-order valence-corrected chi connectivity index (χ1v) is 8.20. The minimum atomic E-state index is -0.760. The highest BCUT2D eigenvalue weighted by molar-refractivity contribution is 5.82. The van der Waals surface area contributed by atoms with Crippen molar-refractivity contribution in [3.63, 3.8) is 0 Å². The molecule has 1 saturated heterocycles. The lowest BCUT2D eigenvalue weighted by Gasteiger charge is -2.46. The van der Waals surface area contributed by atoms with Crippen molar-refractivity contribution in [3.05, 3.63) is 0 Å². The minimum absolute atomic E-state index is 0.140. The van der Waals surface area contributed by atoms with E-state index in [0.717, 1.165) is 51.6 Å². The van der Waals surface area contributed by atoms with Gasteiger partial charge in [0.1, 0.15) is 0 Å². The van der Waals surface area contributed by atoms with E-state index >= 15 is 0 Å². The summed E-state index contributed by atoms with van der Waals surface area (Å²) in [5.74, 6) is -0.602. The zero-order valence-corrected chi connectivity index (χ0v) is 13.3. The molecular formula is C16H28N2O3. The molecule has 1 aliphatic carbocycles. The molecule has 1 atom stereocenters. The molecule has 0 radical (unpaired) electrons. The van der Waals surface area contributed by atoms with Crippen LogP contribution in [0.25, 0.3) is 0 Å². The lowest BCUT2D eigenvalue weighted by molar-refractivity contribution is -0.146. The van der Waals surface area contributed by atoms with Crippen molar-refractivity contribution in [2.75, 3.05) is 20.1 Å². The topological polar surface area (TPSA) is 60.9 Å². The van der Waals surface area contributed by atoms with Gasteiger partial charge in [-0.15, -0.1) is 0 Å². The minimum Gasteiger partial charge on any atom is -0.481 e. The lowest BCUT2D eigenvalue weighted by atomic mass is 9.77. The molecule has 0 spiro atoms. The molecule has 2 fully saturated rings.